The molecule has 1 aliphatic rings. The van der Waals surface area contributed by atoms with Crippen molar-refractivity contribution < 1.29 is 9.72 Å². The van der Waals surface area contributed by atoms with Crippen LogP contribution in [0.2, 0.25) is 0 Å². The Balaban J connectivity index is 2.22. The highest BCUT2D eigenvalue weighted by Crippen LogP contribution is 2.26. The molecule has 9 nitrogen and oxygen atoms in total. The highest BCUT2D eigenvalue weighted by molar-refractivity contribution is 5.85. The van der Waals surface area contributed by atoms with Crippen molar-refractivity contribution in [2.24, 2.45) is 0 Å². The standard InChI is InChI=1S/C12H18N6O3/c1-7-9(18(20)21)10(16-12(13)15-7)14-8(2)11(19)17-5-3-4-6-17/h8H,3-6H2,1-2H3,(H3,13,14,15,16). The predicted octanol–water partition coefficient (Wildman–Crippen LogP) is 0.698. The van der Waals surface area contributed by atoms with E-state index < -0.39 is 11.0 Å². The van der Waals surface area contributed by atoms with Gasteiger partial charge in [0.25, 0.3) is 0 Å². The Kier molecular flexibility index (Phi) is 4.20. The summed E-state index contributed by atoms with van der Waals surface area (Å²) < 4.78 is 0. The van der Waals surface area contributed by atoms with Gasteiger partial charge in [0.05, 0.1) is 4.92 Å². The van der Waals surface area contributed by atoms with Gasteiger partial charge < -0.3 is 16.0 Å². The minimum atomic E-state index is -0.615. The van der Waals surface area contributed by atoms with Crippen molar-refractivity contribution in [3.05, 3.63) is 15.8 Å². The van der Waals surface area contributed by atoms with Crippen LogP contribution in [0.1, 0.15) is 25.5 Å². The Labute approximate surface area is 121 Å². The van der Waals surface area contributed by atoms with Crippen LogP contribution in [0.25, 0.3) is 0 Å². The van der Waals surface area contributed by atoms with Gasteiger partial charge in [-0.3, -0.25) is 14.9 Å². The van der Waals surface area contributed by atoms with Crippen LogP contribution in [0.4, 0.5) is 17.5 Å². The first-order valence-electron chi connectivity index (χ1n) is 6.74. The zero-order valence-corrected chi connectivity index (χ0v) is 12.0. The number of hydrogen-bond acceptors (Lipinski definition) is 7. The number of nitrogens with zero attached hydrogens (tertiary/aromatic N) is 4. The summed E-state index contributed by atoms with van der Waals surface area (Å²) in [6.45, 7) is 4.57. The number of likely N-dealkylation sites (tertiary alicyclic amines) is 1. The number of carbonyl (C=O) groups is 1. The molecule has 0 aromatic carbocycles. The molecule has 1 aromatic rings. The molecule has 0 aliphatic carbocycles. The molecule has 1 atom stereocenters. The Bertz CT molecular complexity index is 570. The number of rotatable bonds is 4. The second kappa shape index (κ2) is 5.90. The van der Waals surface area contributed by atoms with Gasteiger partial charge in [-0.2, -0.15) is 4.98 Å². The summed E-state index contributed by atoms with van der Waals surface area (Å²) in [6.07, 6.45) is 1.97. The molecule has 1 aliphatic heterocycles. The lowest BCUT2D eigenvalue weighted by Crippen LogP contribution is -2.40. The Morgan fingerprint density at radius 1 is 1.43 bits per heavy atom. The number of nitrogens with two attached hydrogens (primary N) is 1. The van der Waals surface area contributed by atoms with Crippen LogP contribution in [-0.2, 0) is 4.79 Å². The quantitative estimate of drug-likeness (QED) is 0.618. The average molecular weight is 294 g/mol. The maximum atomic E-state index is 12.2. The summed E-state index contributed by atoms with van der Waals surface area (Å²) in [5.41, 5.74) is 5.43. The second-order valence-corrected chi connectivity index (χ2v) is 5.02. The number of hydrogen-bond donors (Lipinski definition) is 2. The molecule has 2 rings (SSSR count). The normalized spacial score (nSPS) is 15.8. The van der Waals surface area contributed by atoms with Gasteiger partial charge in [-0.1, -0.05) is 0 Å². The maximum Gasteiger partial charge on any atom is 0.332 e. The molecule has 2 heterocycles. The van der Waals surface area contributed by atoms with E-state index >= 15 is 0 Å². The fourth-order valence-corrected chi connectivity index (χ4v) is 2.39. The maximum absolute atomic E-state index is 12.2. The second-order valence-electron chi connectivity index (χ2n) is 5.02. The van der Waals surface area contributed by atoms with E-state index in [1.54, 1.807) is 11.8 Å². The molecule has 1 amide bonds. The Hall–Kier alpha value is -2.45. The average Bonchev–Trinajstić information content (AvgIpc) is 2.89. The van der Waals surface area contributed by atoms with E-state index in [-0.39, 0.29) is 29.1 Å². The lowest BCUT2D eigenvalue weighted by Gasteiger charge is -2.21. The summed E-state index contributed by atoms with van der Waals surface area (Å²) in [6, 6.07) is -0.615. The predicted molar refractivity (Wildman–Crippen MR) is 76.7 cm³/mol. The highest BCUT2D eigenvalue weighted by Gasteiger charge is 2.27. The smallest absolute Gasteiger partial charge is 0.332 e. The number of aryl methyl sites for hydroxylation is 1. The van der Waals surface area contributed by atoms with Crippen LogP contribution in [0.15, 0.2) is 0 Å². The molecule has 21 heavy (non-hydrogen) atoms. The summed E-state index contributed by atoms with van der Waals surface area (Å²) in [4.78, 5) is 32.1. The summed E-state index contributed by atoms with van der Waals surface area (Å²) >= 11 is 0. The van der Waals surface area contributed by atoms with Gasteiger partial charge in [0.2, 0.25) is 17.7 Å². The zero-order chi connectivity index (χ0) is 15.6. The summed E-state index contributed by atoms with van der Waals surface area (Å²) in [7, 11) is 0. The molecule has 1 unspecified atom stereocenters. The first kappa shape index (κ1) is 14.9. The van der Waals surface area contributed by atoms with Crippen molar-refractivity contribution in [1.82, 2.24) is 14.9 Å². The molecule has 1 saturated heterocycles. The van der Waals surface area contributed by atoms with E-state index in [1.165, 1.54) is 6.92 Å². The summed E-state index contributed by atoms with van der Waals surface area (Å²) in [5.74, 6) is -0.192. The lowest BCUT2D eigenvalue weighted by molar-refractivity contribution is -0.385. The number of amides is 1. The van der Waals surface area contributed by atoms with E-state index in [0.717, 1.165) is 25.9 Å². The first-order chi connectivity index (χ1) is 9.90. The van der Waals surface area contributed by atoms with Crippen molar-refractivity contribution >= 4 is 23.4 Å². The lowest BCUT2D eigenvalue weighted by atomic mass is 10.2. The number of anilines is 2. The molecular formula is C12H18N6O3. The third-order valence-electron chi connectivity index (χ3n) is 3.40. The topological polar surface area (TPSA) is 127 Å². The minimum Gasteiger partial charge on any atom is -0.368 e. The first-order valence-corrected chi connectivity index (χ1v) is 6.74. The Morgan fingerprint density at radius 2 is 2.05 bits per heavy atom. The zero-order valence-electron chi connectivity index (χ0n) is 12.0. The van der Waals surface area contributed by atoms with E-state index in [0.29, 0.717) is 0 Å². The van der Waals surface area contributed by atoms with E-state index in [4.69, 9.17) is 5.73 Å². The molecule has 114 valence electrons. The van der Waals surface area contributed by atoms with Gasteiger partial charge >= 0.3 is 5.69 Å². The van der Waals surface area contributed by atoms with Gasteiger partial charge in [0.15, 0.2) is 0 Å². The fourth-order valence-electron chi connectivity index (χ4n) is 2.39. The van der Waals surface area contributed by atoms with Crippen LogP contribution >= 0.6 is 0 Å². The molecule has 0 spiro atoms. The third-order valence-corrected chi connectivity index (χ3v) is 3.40. The SMILES string of the molecule is Cc1nc(N)nc(NC(C)C(=O)N2CCCC2)c1[N+](=O)[O-]. The van der Waals surface area contributed by atoms with Crippen molar-refractivity contribution in [1.29, 1.82) is 0 Å². The van der Waals surface area contributed by atoms with Gasteiger partial charge in [-0.15, -0.1) is 0 Å². The van der Waals surface area contributed by atoms with Crippen molar-refractivity contribution in [2.45, 2.75) is 32.7 Å². The molecule has 3 N–H and O–H groups in total. The number of nitrogen functional groups attached to an aromatic ring is 1. The molecule has 0 saturated carbocycles. The van der Waals surface area contributed by atoms with Gasteiger partial charge in [-0.05, 0) is 26.7 Å². The molecule has 0 bridgehead atoms. The van der Waals surface area contributed by atoms with Gasteiger partial charge in [0.1, 0.15) is 11.7 Å². The molecule has 1 fully saturated rings. The van der Waals surface area contributed by atoms with E-state index in [2.05, 4.69) is 15.3 Å². The van der Waals surface area contributed by atoms with Crippen LogP contribution < -0.4 is 11.1 Å². The van der Waals surface area contributed by atoms with Crippen molar-refractivity contribution in [3.8, 4) is 0 Å². The largest absolute Gasteiger partial charge is 0.368 e. The van der Waals surface area contributed by atoms with Crippen LogP contribution in [0.5, 0.6) is 0 Å². The monoisotopic (exact) mass is 294 g/mol. The van der Waals surface area contributed by atoms with Gasteiger partial charge in [-0.25, -0.2) is 4.98 Å². The van der Waals surface area contributed by atoms with Gasteiger partial charge in [0, 0.05) is 13.1 Å². The van der Waals surface area contributed by atoms with E-state index in [9.17, 15) is 14.9 Å². The number of nitro groups is 1. The molecule has 9 heteroatoms. The Morgan fingerprint density at radius 3 is 2.62 bits per heavy atom. The molecule has 1 aromatic heterocycles. The highest BCUT2D eigenvalue weighted by atomic mass is 16.6. The van der Waals surface area contributed by atoms with Crippen molar-refractivity contribution in [3.63, 3.8) is 0 Å². The van der Waals surface area contributed by atoms with Crippen LogP contribution in [-0.4, -0.2) is 44.8 Å². The number of aromatic nitrogens is 2. The van der Waals surface area contributed by atoms with E-state index in [1.807, 2.05) is 0 Å². The number of carbonyl (C=O) groups excluding carboxylic acids is 1. The third kappa shape index (κ3) is 3.18. The summed E-state index contributed by atoms with van der Waals surface area (Å²) in [5, 5.41) is 13.9. The fraction of sp³-hybridized carbons (Fsp3) is 0.583. The minimum absolute atomic E-state index is 0.0231. The van der Waals surface area contributed by atoms with Crippen LogP contribution in [0, 0.1) is 17.0 Å². The molecule has 0 radical (unpaired) electrons. The molecular weight excluding hydrogens is 276 g/mol. The van der Waals surface area contributed by atoms with Crippen molar-refractivity contribution in [2.75, 3.05) is 24.1 Å². The number of nitrogens with one attached hydrogen (secondary N) is 1. The van der Waals surface area contributed by atoms with Crippen LogP contribution in [0.3, 0.4) is 0 Å².